The molecule has 12 atom stereocenters. The number of aliphatic carboxylic acids is 2. The molecule has 2 aliphatic heterocycles. The van der Waals surface area contributed by atoms with Crippen LogP contribution in [0, 0.1) is 0 Å². The quantitative estimate of drug-likeness (QED) is 0.0832. The summed E-state index contributed by atoms with van der Waals surface area (Å²) in [6.07, 6.45) is -18.2. The lowest BCUT2D eigenvalue weighted by atomic mass is 9.87. The van der Waals surface area contributed by atoms with E-state index in [-0.39, 0.29) is 0 Å². The molecule has 44 heavy (non-hydrogen) atoms. The smallest absolute Gasteiger partial charge is 0.364 e. The van der Waals surface area contributed by atoms with Crippen molar-refractivity contribution in [3.63, 3.8) is 0 Å². The summed E-state index contributed by atoms with van der Waals surface area (Å²) in [4.78, 5) is 59.7. The lowest BCUT2D eigenvalue weighted by Gasteiger charge is -2.49. The summed E-state index contributed by atoms with van der Waals surface area (Å²) >= 11 is 0. The third-order valence-electron chi connectivity index (χ3n) is 6.99. The number of carboxylic acid groups (broad SMARTS) is 2. The Kier molecular flexibility index (Phi) is 12.5. The molecule has 0 bridgehead atoms. The molecule has 2 saturated heterocycles. The highest BCUT2D eigenvalue weighted by molar-refractivity contribution is 5.77. The van der Waals surface area contributed by atoms with E-state index >= 15 is 0 Å². The maximum Gasteiger partial charge on any atom is 0.364 e. The van der Waals surface area contributed by atoms with Gasteiger partial charge in [0.1, 0.15) is 30.5 Å². The Labute approximate surface area is 249 Å². The number of esters is 1. The second-order valence-electron chi connectivity index (χ2n) is 10.5. The van der Waals surface area contributed by atoms with E-state index in [4.69, 9.17) is 18.9 Å². The predicted molar refractivity (Wildman–Crippen MR) is 136 cm³/mol. The molecule has 20 heteroatoms. The molecule has 2 aliphatic rings. The number of nitrogens with one attached hydrogen (secondary N) is 2. The number of hydrogen-bond acceptors (Lipinski definition) is 16. The number of amides is 2. The van der Waals surface area contributed by atoms with E-state index in [9.17, 15) is 69.9 Å². The van der Waals surface area contributed by atoms with E-state index < -0.39 is 128 Å². The Balaban J connectivity index is 2.57. The van der Waals surface area contributed by atoms with Crippen molar-refractivity contribution >= 4 is 29.7 Å². The summed E-state index contributed by atoms with van der Waals surface area (Å²) in [5.41, 5.74) is 0. The van der Waals surface area contributed by atoms with Crippen molar-refractivity contribution < 1.29 is 88.9 Å². The molecule has 2 fully saturated rings. The normalized spacial score (nSPS) is 35.0. The van der Waals surface area contributed by atoms with Crippen LogP contribution in [0.1, 0.15) is 33.6 Å². The number of hydrogen-bond donors (Lipinski definition) is 11. The molecule has 252 valence electrons. The topological polar surface area (TPSA) is 328 Å². The molecule has 0 aromatic heterocycles. The van der Waals surface area contributed by atoms with Crippen LogP contribution >= 0.6 is 0 Å². The van der Waals surface area contributed by atoms with Crippen molar-refractivity contribution in [1.82, 2.24) is 10.6 Å². The Morgan fingerprint density at radius 3 is 1.80 bits per heavy atom. The van der Waals surface area contributed by atoms with Crippen molar-refractivity contribution in [2.75, 3.05) is 13.2 Å². The van der Waals surface area contributed by atoms with Gasteiger partial charge in [0.15, 0.2) is 6.10 Å². The number of carbonyl (C=O) groups excluding carboxylic acids is 3. The zero-order valence-corrected chi connectivity index (χ0v) is 23.8. The number of ether oxygens (including phenoxy) is 4. The molecule has 0 aromatic carbocycles. The molecule has 0 aliphatic carbocycles. The highest BCUT2D eigenvalue weighted by Crippen LogP contribution is 2.37. The molecule has 2 amide bonds. The molecule has 11 N–H and O–H groups in total. The molecule has 20 nitrogen and oxygen atoms in total. The van der Waals surface area contributed by atoms with Crippen LogP contribution in [0.2, 0.25) is 0 Å². The van der Waals surface area contributed by atoms with Crippen LogP contribution in [0.3, 0.4) is 0 Å². The molecule has 0 spiro atoms. The fourth-order valence-electron chi connectivity index (χ4n) is 5.05. The monoisotopic (exact) mass is 642 g/mol. The summed E-state index contributed by atoms with van der Waals surface area (Å²) in [5.74, 6) is -12.8. The van der Waals surface area contributed by atoms with Crippen molar-refractivity contribution in [1.29, 1.82) is 0 Å². The van der Waals surface area contributed by atoms with Crippen LogP contribution in [0.5, 0.6) is 0 Å². The Morgan fingerprint density at radius 2 is 1.36 bits per heavy atom. The first kappa shape index (κ1) is 37.1. The average Bonchev–Trinajstić information content (AvgIpc) is 2.91. The third kappa shape index (κ3) is 8.35. The number of aliphatic hydroxyl groups excluding tert-OH is 6. The van der Waals surface area contributed by atoms with Gasteiger partial charge in [-0.25, -0.2) is 9.59 Å². The molecule has 2 heterocycles. The van der Waals surface area contributed by atoms with Crippen LogP contribution in [0.15, 0.2) is 0 Å². The van der Waals surface area contributed by atoms with Crippen LogP contribution in [0.25, 0.3) is 0 Å². The summed E-state index contributed by atoms with van der Waals surface area (Å²) in [5, 5.41) is 97.0. The molecule has 0 radical (unpaired) electrons. The van der Waals surface area contributed by atoms with E-state index in [1.54, 1.807) is 0 Å². The van der Waals surface area contributed by atoms with E-state index in [0.717, 1.165) is 20.8 Å². The fourth-order valence-corrected chi connectivity index (χ4v) is 5.05. The second kappa shape index (κ2) is 14.8. The Bertz CT molecular complexity index is 1080. The lowest BCUT2D eigenvalue weighted by Crippen LogP contribution is -2.70. The zero-order chi connectivity index (χ0) is 33.7. The maximum atomic E-state index is 12.6. The van der Waals surface area contributed by atoms with Crippen LogP contribution in [-0.4, -0.2) is 161 Å². The molecule has 0 aromatic rings. The van der Waals surface area contributed by atoms with Gasteiger partial charge in [0.25, 0.3) is 11.6 Å². The minimum Gasteiger partial charge on any atom is -0.477 e. The summed E-state index contributed by atoms with van der Waals surface area (Å²) < 4.78 is 21.2. The molecule has 0 saturated carbocycles. The van der Waals surface area contributed by atoms with Gasteiger partial charge in [-0.2, -0.15) is 0 Å². The van der Waals surface area contributed by atoms with Gasteiger partial charge in [-0.15, -0.1) is 0 Å². The van der Waals surface area contributed by atoms with Gasteiger partial charge in [-0.1, -0.05) is 0 Å². The summed E-state index contributed by atoms with van der Waals surface area (Å²) in [6.45, 7) is 0.555. The van der Waals surface area contributed by atoms with Gasteiger partial charge >= 0.3 is 17.9 Å². The fraction of sp³-hybridized carbons (Fsp3) is 0.792. The van der Waals surface area contributed by atoms with Crippen molar-refractivity contribution in [3.05, 3.63) is 0 Å². The zero-order valence-electron chi connectivity index (χ0n) is 23.8. The van der Waals surface area contributed by atoms with Crippen molar-refractivity contribution in [2.45, 2.75) is 106 Å². The number of carbonyl (C=O) groups is 5. The van der Waals surface area contributed by atoms with Crippen LogP contribution in [-0.2, 0) is 42.9 Å². The van der Waals surface area contributed by atoms with Crippen LogP contribution < -0.4 is 10.6 Å². The highest BCUT2D eigenvalue weighted by Gasteiger charge is 2.60. The second-order valence-corrected chi connectivity index (χ2v) is 10.5. The maximum absolute atomic E-state index is 12.6. The minimum absolute atomic E-state index is 0.780. The Hall–Kier alpha value is -3.05. The molecule has 2 rings (SSSR count). The van der Waals surface area contributed by atoms with E-state index in [2.05, 4.69) is 10.6 Å². The SMILES string of the molecule is CC(=O)N[C@H]1[C@H]([C@H](OC(C)=O)[C@H](O)CO)O[C@@](O[C@H](CO)[C@@H](O)[C@@H]2OC(O)(C(=O)O)C[C@H](O)[C@H]2NC(C)=O)(C(=O)O)C[C@@H]1O. The first-order valence-corrected chi connectivity index (χ1v) is 13.2. The summed E-state index contributed by atoms with van der Waals surface area (Å²) in [7, 11) is 0. The average molecular weight is 643 g/mol. The van der Waals surface area contributed by atoms with Crippen molar-refractivity contribution in [3.8, 4) is 0 Å². The van der Waals surface area contributed by atoms with Crippen molar-refractivity contribution in [2.24, 2.45) is 0 Å². The van der Waals surface area contributed by atoms with Gasteiger partial charge in [-0.3, -0.25) is 14.4 Å². The highest BCUT2D eigenvalue weighted by atomic mass is 16.7. The van der Waals surface area contributed by atoms with Crippen LogP contribution in [0.4, 0.5) is 0 Å². The first-order valence-electron chi connectivity index (χ1n) is 13.2. The minimum atomic E-state index is -3.11. The lowest BCUT2D eigenvalue weighted by molar-refractivity contribution is -0.343. The standard InChI is InChI=1S/C24H38N2O18/c1-8(29)25-15-11(32)4-23(40,21(36)37)43-19(15)17(35)14(7-28)42-24(22(38)39)5-12(33)16(26-9(2)30)20(44-24)18(13(34)6-27)41-10(3)31/h11-20,27-28,32-35,40H,4-7H2,1-3H3,(H,25,29)(H,26,30)(H,36,37)(H,38,39)/t11-,12-,13+,14+,15+,16+,17+,18+,19+,20+,23?,24+/m0/s1. The number of aliphatic hydroxyl groups is 7. The van der Waals surface area contributed by atoms with Gasteiger partial charge in [0.05, 0.1) is 37.5 Å². The number of rotatable bonds is 13. The molecular formula is C24H38N2O18. The van der Waals surface area contributed by atoms with E-state index in [1.165, 1.54) is 0 Å². The molecular weight excluding hydrogens is 604 g/mol. The number of carboxylic acids is 2. The first-order chi connectivity index (χ1) is 20.3. The third-order valence-corrected chi connectivity index (χ3v) is 6.99. The largest absolute Gasteiger partial charge is 0.477 e. The summed E-state index contributed by atoms with van der Waals surface area (Å²) in [6, 6.07) is -3.22. The van der Waals surface area contributed by atoms with Gasteiger partial charge < -0.3 is 75.5 Å². The van der Waals surface area contributed by atoms with E-state index in [1.807, 2.05) is 0 Å². The van der Waals surface area contributed by atoms with Gasteiger partial charge in [-0.05, 0) is 0 Å². The molecule has 1 unspecified atom stereocenters. The van der Waals surface area contributed by atoms with Gasteiger partial charge in [0, 0.05) is 33.6 Å². The van der Waals surface area contributed by atoms with E-state index in [0.29, 0.717) is 0 Å². The predicted octanol–water partition coefficient (Wildman–Crippen LogP) is -6.13. The Morgan fingerprint density at radius 1 is 0.841 bits per heavy atom. The van der Waals surface area contributed by atoms with Gasteiger partial charge in [0.2, 0.25) is 11.8 Å².